The van der Waals surface area contributed by atoms with Crippen molar-refractivity contribution in [1.82, 2.24) is 23.7 Å². The first-order valence-electron chi connectivity index (χ1n) is 10.0. The van der Waals surface area contributed by atoms with Crippen LogP contribution in [0.1, 0.15) is 37.4 Å². The number of hydrogen-bond donors (Lipinski definition) is 0. The van der Waals surface area contributed by atoms with Gasteiger partial charge in [-0.3, -0.25) is 13.5 Å². The highest BCUT2D eigenvalue weighted by molar-refractivity contribution is 6.30. The molecule has 4 aromatic heterocycles. The predicted octanol–water partition coefficient (Wildman–Crippen LogP) is 4.99. The van der Waals surface area contributed by atoms with Gasteiger partial charge in [0.05, 0.1) is 41.5 Å². The van der Waals surface area contributed by atoms with Crippen molar-refractivity contribution in [3.8, 4) is 0 Å². The van der Waals surface area contributed by atoms with E-state index in [2.05, 4.69) is 14.5 Å². The maximum absolute atomic E-state index is 13.3. The van der Waals surface area contributed by atoms with Gasteiger partial charge < -0.3 is 4.57 Å². The summed E-state index contributed by atoms with van der Waals surface area (Å²) in [4.78, 5) is 21.9. The molecule has 1 saturated carbocycles. The summed E-state index contributed by atoms with van der Waals surface area (Å²) in [7, 11) is 0. The second kappa shape index (κ2) is 7.71. The van der Waals surface area contributed by atoms with Crippen LogP contribution < -0.4 is 5.69 Å². The molecular weight excluding hydrogens is 428 g/mol. The molecule has 4 heterocycles. The fourth-order valence-electron chi connectivity index (χ4n) is 4.08. The number of hydrogen-bond acceptors (Lipinski definition) is 3. The molecule has 0 unspecified atom stereocenters. The number of pyridine rings is 2. The fourth-order valence-corrected chi connectivity index (χ4v) is 4.38. The Morgan fingerprint density at radius 1 is 1.03 bits per heavy atom. The van der Waals surface area contributed by atoms with Crippen molar-refractivity contribution in [2.75, 3.05) is 6.67 Å². The number of aryl methyl sites for hydroxylation is 1. The molecule has 0 aliphatic heterocycles. The molecule has 0 amide bonds. The Labute approximate surface area is 181 Å². The van der Waals surface area contributed by atoms with Crippen LogP contribution >= 0.6 is 23.2 Å². The molecule has 4 aromatic rings. The number of aromatic nitrogens is 5. The number of fused-ring (bicyclic) bond motifs is 2. The standard InChI is InChI=1S/C21H20Cl2FN5O/c22-19-6-5-16-15(26-19)9-14(27(16)8-2-1-7-24)12-28-18-11-25-20(23)10-17(18)29(21(28)30)13-3-4-13/h5-6,9-11,13H,1-4,7-8,12H2. The highest BCUT2D eigenvalue weighted by Crippen LogP contribution is 2.36. The molecule has 5 rings (SSSR count). The third-order valence-corrected chi connectivity index (χ3v) is 6.04. The summed E-state index contributed by atoms with van der Waals surface area (Å²) in [6, 6.07) is 7.59. The van der Waals surface area contributed by atoms with Crippen LogP contribution in [-0.4, -0.2) is 30.3 Å². The smallest absolute Gasteiger partial charge is 0.329 e. The van der Waals surface area contributed by atoms with Crippen LogP contribution in [0.3, 0.4) is 0 Å². The summed E-state index contributed by atoms with van der Waals surface area (Å²) in [5.74, 6) is 0. The molecule has 6 nitrogen and oxygen atoms in total. The highest BCUT2D eigenvalue weighted by atomic mass is 35.5. The van der Waals surface area contributed by atoms with E-state index in [0.717, 1.165) is 40.6 Å². The number of unbranched alkanes of at least 4 members (excludes halogenated alkanes) is 1. The summed E-state index contributed by atoms with van der Waals surface area (Å²) >= 11 is 12.2. The topological polar surface area (TPSA) is 57.6 Å². The normalized spacial score (nSPS) is 14.2. The van der Waals surface area contributed by atoms with Crippen LogP contribution in [0, 0.1) is 0 Å². The Balaban J connectivity index is 1.64. The van der Waals surface area contributed by atoms with Crippen LogP contribution in [0.2, 0.25) is 10.3 Å². The van der Waals surface area contributed by atoms with Gasteiger partial charge in [0.2, 0.25) is 0 Å². The predicted molar refractivity (Wildman–Crippen MR) is 116 cm³/mol. The van der Waals surface area contributed by atoms with Gasteiger partial charge in [-0.05, 0) is 43.9 Å². The summed E-state index contributed by atoms with van der Waals surface area (Å²) in [5, 5.41) is 0.782. The van der Waals surface area contributed by atoms with E-state index in [1.807, 2.05) is 16.7 Å². The lowest BCUT2D eigenvalue weighted by Gasteiger charge is -2.11. The summed E-state index contributed by atoms with van der Waals surface area (Å²) in [6.07, 6.45) is 4.83. The van der Waals surface area contributed by atoms with Gasteiger partial charge in [-0.15, -0.1) is 0 Å². The summed E-state index contributed by atoms with van der Waals surface area (Å²) in [5.41, 5.74) is 4.10. The Morgan fingerprint density at radius 3 is 2.63 bits per heavy atom. The zero-order valence-corrected chi connectivity index (χ0v) is 17.7. The average Bonchev–Trinajstić information content (AvgIpc) is 3.44. The number of imidazole rings is 1. The molecule has 30 heavy (non-hydrogen) atoms. The van der Waals surface area contributed by atoms with Gasteiger partial charge in [-0.2, -0.15) is 0 Å². The zero-order chi connectivity index (χ0) is 20.8. The summed E-state index contributed by atoms with van der Waals surface area (Å²) in [6.45, 7) is 0.660. The van der Waals surface area contributed by atoms with Gasteiger partial charge in [-0.1, -0.05) is 23.2 Å². The zero-order valence-electron chi connectivity index (χ0n) is 16.2. The van der Waals surface area contributed by atoms with Crippen LogP contribution in [0.4, 0.5) is 4.39 Å². The lowest BCUT2D eigenvalue weighted by Crippen LogP contribution is -2.25. The number of alkyl halides is 1. The third-order valence-electron chi connectivity index (χ3n) is 5.62. The molecule has 1 aliphatic carbocycles. The molecule has 156 valence electrons. The first-order chi connectivity index (χ1) is 14.6. The molecule has 0 saturated heterocycles. The minimum atomic E-state index is -0.348. The fraction of sp³-hybridized carbons (Fsp3) is 0.381. The Morgan fingerprint density at radius 2 is 1.87 bits per heavy atom. The number of nitrogens with zero attached hydrogens (tertiary/aromatic N) is 5. The first-order valence-corrected chi connectivity index (χ1v) is 10.8. The van der Waals surface area contributed by atoms with E-state index in [1.165, 1.54) is 0 Å². The molecule has 1 aliphatic rings. The van der Waals surface area contributed by atoms with E-state index < -0.39 is 0 Å². The molecule has 0 aromatic carbocycles. The molecular formula is C21H20Cl2FN5O. The van der Waals surface area contributed by atoms with Gasteiger partial charge in [0.25, 0.3) is 0 Å². The van der Waals surface area contributed by atoms with Gasteiger partial charge in [0.15, 0.2) is 0 Å². The number of halogens is 3. The van der Waals surface area contributed by atoms with Crippen LogP contribution in [0.5, 0.6) is 0 Å². The van der Waals surface area contributed by atoms with Gasteiger partial charge in [-0.25, -0.2) is 14.8 Å². The molecule has 0 N–H and O–H groups in total. The largest absolute Gasteiger partial charge is 0.342 e. The maximum atomic E-state index is 13.3. The van der Waals surface area contributed by atoms with Crippen molar-refractivity contribution in [3.05, 3.63) is 56.9 Å². The Kier molecular flexibility index (Phi) is 5.03. The van der Waals surface area contributed by atoms with E-state index in [1.54, 1.807) is 22.9 Å². The van der Waals surface area contributed by atoms with Gasteiger partial charge in [0, 0.05) is 24.3 Å². The molecule has 0 bridgehead atoms. The van der Waals surface area contributed by atoms with Crippen LogP contribution in [-0.2, 0) is 13.1 Å². The second-order valence-corrected chi connectivity index (χ2v) is 8.46. The second-order valence-electron chi connectivity index (χ2n) is 7.69. The minimum Gasteiger partial charge on any atom is -0.342 e. The average molecular weight is 448 g/mol. The van der Waals surface area contributed by atoms with Gasteiger partial charge >= 0.3 is 5.69 Å². The maximum Gasteiger partial charge on any atom is 0.329 e. The van der Waals surface area contributed by atoms with E-state index in [4.69, 9.17) is 23.2 Å². The van der Waals surface area contributed by atoms with Crippen molar-refractivity contribution in [1.29, 1.82) is 0 Å². The van der Waals surface area contributed by atoms with Crippen molar-refractivity contribution in [2.24, 2.45) is 0 Å². The van der Waals surface area contributed by atoms with Crippen molar-refractivity contribution in [2.45, 2.75) is 44.8 Å². The Bertz CT molecular complexity index is 1300. The van der Waals surface area contributed by atoms with E-state index in [9.17, 15) is 9.18 Å². The lowest BCUT2D eigenvalue weighted by atomic mass is 10.3. The van der Waals surface area contributed by atoms with Gasteiger partial charge in [0.1, 0.15) is 10.3 Å². The SMILES string of the molecule is O=c1n(Cc2cc3nc(Cl)ccc3n2CCCCF)c2cnc(Cl)cc2n1C1CC1. The van der Waals surface area contributed by atoms with Crippen LogP contribution in [0.15, 0.2) is 35.3 Å². The molecule has 0 spiro atoms. The van der Waals surface area contributed by atoms with E-state index >= 15 is 0 Å². The molecule has 0 atom stereocenters. The van der Waals surface area contributed by atoms with E-state index in [0.29, 0.717) is 36.2 Å². The first kappa shape index (κ1) is 19.6. The van der Waals surface area contributed by atoms with Crippen molar-refractivity contribution < 1.29 is 4.39 Å². The summed E-state index contributed by atoms with van der Waals surface area (Å²) < 4.78 is 18.3. The van der Waals surface area contributed by atoms with Crippen molar-refractivity contribution >= 4 is 45.3 Å². The number of rotatable bonds is 7. The van der Waals surface area contributed by atoms with Crippen molar-refractivity contribution in [3.63, 3.8) is 0 Å². The van der Waals surface area contributed by atoms with E-state index in [-0.39, 0.29) is 18.4 Å². The molecule has 1 fully saturated rings. The van der Waals surface area contributed by atoms with Crippen LogP contribution in [0.25, 0.3) is 22.1 Å². The lowest BCUT2D eigenvalue weighted by molar-refractivity contribution is 0.447. The molecule has 0 radical (unpaired) electrons. The highest BCUT2D eigenvalue weighted by Gasteiger charge is 2.29. The third kappa shape index (κ3) is 3.40. The quantitative estimate of drug-likeness (QED) is 0.296. The molecule has 9 heteroatoms. The Hall–Kier alpha value is -2.38. The monoisotopic (exact) mass is 447 g/mol. The minimum absolute atomic E-state index is 0.0666.